The Bertz CT molecular complexity index is 1010. The maximum Gasteiger partial charge on any atom is 0.411 e. The number of carbonyl (C=O) groups excluding carboxylic acids is 1. The van der Waals surface area contributed by atoms with E-state index in [9.17, 15) is 9.59 Å². The average Bonchev–Trinajstić information content (AvgIpc) is 3.56. The maximum absolute atomic E-state index is 12.9. The van der Waals surface area contributed by atoms with Gasteiger partial charge in [-0.1, -0.05) is 42.5 Å². The number of carboxylic acid groups (broad SMARTS) is 1. The highest BCUT2D eigenvalue weighted by Crippen LogP contribution is 2.48. The Hall–Kier alpha value is -2.90. The lowest BCUT2D eigenvalue weighted by Gasteiger charge is -2.37. The van der Waals surface area contributed by atoms with Gasteiger partial charge in [-0.05, 0) is 43.5 Å². The number of piperidine rings is 1. The van der Waals surface area contributed by atoms with Gasteiger partial charge in [-0.15, -0.1) is 0 Å². The summed E-state index contributed by atoms with van der Waals surface area (Å²) in [5.41, 5.74) is 3.72. The van der Waals surface area contributed by atoms with Crippen molar-refractivity contribution in [1.29, 1.82) is 0 Å². The van der Waals surface area contributed by atoms with E-state index < -0.39 is 12.1 Å². The number of epoxide rings is 1. The normalized spacial score (nSPS) is 27.6. The molecule has 1 amide bonds. The molecular formula is C26H30N2O5. The van der Waals surface area contributed by atoms with Crippen LogP contribution in [-0.2, 0) is 20.7 Å². The van der Waals surface area contributed by atoms with Crippen molar-refractivity contribution in [2.75, 3.05) is 12.4 Å². The number of nitrogens with one attached hydrogen (secondary N) is 1. The molecule has 3 heterocycles. The molecule has 5 rings (SSSR count). The second-order valence-electron chi connectivity index (χ2n) is 9.34. The summed E-state index contributed by atoms with van der Waals surface area (Å²) in [5.74, 6) is -0.772. The number of benzene rings is 2. The van der Waals surface area contributed by atoms with Crippen LogP contribution in [-0.4, -0.2) is 59.5 Å². The number of likely N-dealkylation sites (N-methyl/N-ethyl adjacent to an activating group) is 1. The zero-order valence-electron chi connectivity index (χ0n) is 18.8. The van der Waals surface area contributed by atoms with Crippen LogP contribution in [0.1, 0.15) is 37.7 Å². The first kappa shape index (κ1) is 21.9. The van der Waals surface area contributed by atoms with Gasteiger partial charge in [0.15, 0.2) is 0 Å². The van der Waals surface area contributed by atoms with Crippen LogP contribution in [0.25, 0.3) is 11.1 Å². The van der Waals surface area contributed by atoms with Crippen LogP contribution in [0.5, 0.6) is 0 Å². The van der Waals surface area contributed by atoms with Crippen molar-refractivity contribution in [3.8, 4) is 11.1 Å². The van der Waals surface area contributed by atoms with E-state index in [4.69, 9.17) is 14.6 Å². The highest BCUT2D eigenvalue weighted by Gasteiger charge is 2.62. The van der Waals surface area contributed by atoms with Crippen LogP contribution >= 0.6 is 0 Å². The predicted molar refractivity (Wildman–Crippen MR) is 124 cm³/mol. The second-order valence-corrected chi connectivity index (χ2v) is 9.34. The van der Waals surface area contributed by atoms with Crippen LogP contribution < -0.4 is 5.32 Å². The number of ether oxygens (including phenoxy) is 2. The van der Waals surface area contributed by atoms with E-state index >= 15 is 0 Å². The van der Waals surface area contributed by atoms with Gasteiger partial charge in [-0.25, -0.2) is 4.79 Å². The summed E-state index contributed by atoms with van der Waals surface area (Å²) < 4.78 is 11.6. The zero-order valence-corrected chi connectivity index (χ0v) is 18.8. The number of aliphatic carboxylic acids is 1. The molecule has 174 valence electrons. The molecule has 5 atom stereocenters. The summed E-state index contributed by atoms with van der Waals surface area (Å²) in [6.07, 6.45) is 4.02. The van der Waals surface area contributed by atoms with E-state index in [-0.39, 0.29) is 12.5 Å². The van der Waals surface area contributed by atoms with Crippen LogP contribution in [0, 0.1) is 0 Å². The number of anilines is 1. The fourth-order valence-electron chi connectivity index (χ4n) is 5.41. The van der Waals surface area contributed by atoms with Gasteiger partial charge < -0.3 is 14.6 Å². The Morgan fingerprint density at radius 3 is 2.52 bits per heavy atom. The number of amides is 1. The Morgan fingerprint density at radius 2 is 1.82 bits per heavy atom. The van der Waals surface area contributed by atoms with Gasteiger partial charge in [0.05, 0.1) is 5.69 Å². The molecule has 0 aliphatic carbocycles. The highest BCUT2D eigenvalue weighted by molar-refractivity contribution is 5.91. The topological polar surface area (TPSA) is 91.4 Å². The van der Waals surface area contributed by atoms with Gasteiger partial charge >= 0.3 is 12.1 Å². The van der Waals surface area contributed by atoms with Gasteiger partial charge in [-0.2, -0.15) is 0 Å². The molecule has 2 N–H and O–H groups in total. The molecule has 1 unspecified atom stereocenters. The molecule has 3 saturated heterocycles. The number of hydrogen-bond acceptors (Lipinski definition) is 5. The molecule has 3 fully saturated rings. The molecule has 7 nitrogen and oxygen atoms in total. The van der Waals surface area contributed by atoms with Crippen molar-refractivity contribution in [1.82, 2.24) is 4.90 Å². The summed E-state index contributed by atoms with van der Waals surface area (Å²) in [5, 5.41) is 11.8. The summed E-state index contributed by atoms with van der Waals surface area (Å²) in [4.78, 5) is 26.0. The first-order chi connectivity index (χ1) is 16.0. The SMILES string of the molecule is CN1[C@H]2CC(OC(=O)Nc3cc(CCCCC(=O)O)ccc3-c3ccccc3)C[C@H]1[C@H]1O[C@H]12. The number of carboxylic acids is 1. The number of aryl methyl sites for hydroxylation is 1. The number of morpholine rings is 1. The molecule has 3 aliphatic rings. The number of hydrogen-bond donors (Lipinski definition) is 2. The standard InChI is InChI=1S/C26H30N2O5/c1-28-21-14-18(15-22(28)25-24(21)33-25)32-26(31)27-20-13-16(7-5-6-10-23(29)30)11-12-19(20)17-8-3-2-4-9-17/h2-4,8-9,11-13,18,21-22,24-25H,5-7,10,14-15H2,1H3,(H,27,31)(H,29,30)/t18?,21-,22-,24-,25+/m0/s1. The summed E-state index contributed by atoms with van der Waals surface area (Å²) in [6, 6.07) is 16.6. The summed E-state index contributed by atoms with van der Waals surface area (Å²) in [6.45, 7) is 0. The number of nitrogens with zero attached hydrogens (tertiary/aromatic N) is 1. The third-order valence-electron chi connectivity index (χ3n) is 7.16. The zero-order chi connectivity index (χ0) is 22.9. The van der Waals surface area contributed by atoms with Crippen molar-refractivity contribution in [3.05, 3.63) is 54.1 Å². The minimum Gasteiger partial charge on any atom is -0.481 e. The van der Waals surface area contributed by atoms with Crippen molar-refractivity contribution in [3.63, 3.8) is 0 Å². The molecular weight excluding hydrogens is 420 g/mol. The quantitative estimate of drug-likeness (QED) is 0.460. The molecule has 0 spiro atoms. The number of fused-ring (bicyclic) bond motifs is 5. The van der Waals surface area contributed by atoms with E-state index in [1.165, 1.54) is 0 Å². The summed E-state index contributed by atoms with van der Waals surface area (Å²) in [7, 11) is 2.13. The van der Waals surface area contributed by atoms with Crippen LogP contribution in [0.2, 0.25) is 0 Å². The average molecular weight is 451 g/mol. The molecule has 0 aromatic heterocycles. The van der Waals surface area contributed by atoms with Crippen LogP contribution in [0.3, 0.4) is 0 Å². The van der Waals surface area contributed by atoms with Crippen molar-refractivity contribution in [2.24, 2.45) is 0 Å². The van der Waals surface area contributed by atoms with Gasteiger partial charge in [0.25, 0.3) is 0 Å². The lowest BCUT2D eigenvalue weighted by Crippen LogP contribution is -2.48. The first-order valence-corrected chi connectivity index (χ1v) is 11.7. The van der Waals surface area contributed by atoms with Crippen molar-refractivity contribution >= 4 is 17.7 Å². The number of rotatable bonds is 8. The minimum absolute atomic E-state index is 0.105. The van der Waals surface area contributed by atoms with Gasteiger partial charge in [0, 0.05) is 36.9 Å². The Balaban J connectivity index is 1.27. The van der Waals surface area contributed by atoms with Gasteiger partial charge in [-0.3, -0.25) is 15.0 Å². The smallest absolute Gasteiger partial charge is 0.411 e. The molecule has 33 heavy (non-hydrogen) atoms. The fraction of sp³-hybridized carbons (Fsp3) is 0.462. The van der Waals surface area contributed by atoms with E-state index in [0.717, 1.165) is 42.4 Å². The Morgan fingerprint density at radius 1 is 1.09 bits per heavy atom. The largest absolute Gasteiger partial charge is 0.481 e. The molecule has 2 aromatic carbocycles. The minimum atomic E-state index is -0.772. The van der Waals surface area contributed by atoms with E-state index in [1.54, 1.807) is 0 Å². The lowest BCUT2D eigenvalue weighted by molar-refractivity contribution is -0.137. The third kappa shape index (κ3) is 4.75. The monoisotopic (exact) mass is 450 g/mol. The van der Waals surface area contributed by atoms with Crippen LogP contribution in [0.15, 0.2) is 48.5 Å². The van der Waals surface area contributed by atoms with Crippen molar-refractivity contribution < 1.29 is 24.2 Å². The molecule has 3 aliphatic heterocycles. The predicted octanol–water partition coefficient (Wildman–Crippen LogP) is 4.31. The third-order valence-corrected chi connectivity index (χ3v) is 7.16. The molecule has 0 saturated carbocycles. The van der Waals surface area contributed by atoms with E-state index in [0.29, 0.717) is 36.4 Å². The van der Waals surface area contributed by atoms with Crippen LogP contribution in [0.4, 0.5) is 10.5 Å². The molecule has 2 bridgehead atoms. The first-order valence-electron chi connectivity index (χ1n) is 11.7. The highest BCUT2D eigenvalue weighted by atomic mass is 16.6. The maximum atomic E-state index is 12.9. The molecule has 0 radical (unpaired) electrons. The van der Waals surface area contributed by atoms with Gasteiger partial charge in [0.2, 0.25) is 0 Å². The lowest BCUT2D eigenvalue weighted by atomic mass is 9.99. The summed E-state index contributed by atoms with van der Waals surface area (Å²) >= 11 is 0. The Kier molecular flexibility index (Phi) is 6.08. The second kappa shape index (κ2) is 9.15. The van der Waals surface area contributed by atoms with Gasteiger partial charge in [0.1, 0.15) is 18.3 Å². The fourth-order valence-corrected chi connectivity index (χ4v) is 5.41. The molecule has 2 aromatic rings. The van der Waals surface area contributed by atoms with Crippen molar-refractivity contribution in [2.45, 2.75) is 68.9 Å². The number of carbonyl (C=O) groups is 2. The van der Waals surface area contributed by atoms with E-state index in [1.807, 2.05) is 48.5 Å². The Labute approximate surface area is 193 Å². The number of unbranched alkanes of at least 4 members (excludes halogenated alkanes) is 1. The molecule has 7 heteroatoms. The van der Waals surface area contributed by atoms with E-state index in [2.05, 4.69) is 17.3 Å².